The van der Waals surface area contributed by atoms with Gasteiger partial charge < -0.3 is 15.5 Å². The van der Waals surface area contributed by atoms with Gasteiger partial charge in [-0.05, 0) is 81.8 Å². The normalized spacial score (nSPS) is 18.3. The van der Waals surface area contributed by atoms with Gasteiger partial charge in [-0.25, -0.2) is 9.37 Å². The summed E-state index contributed by atoms with van der Waals surface area (Å²) in [6.07, 6.45) is 5.99. The maximum absolute atomic E-state index is 15.1. The Morgan fingerprint density at radius 3 is 2.47 bits per heavy atom. The number of aromatic amines is 1. The Balaban J connectivity index is 1.47. The second kappa shape index (κ2) is 10.7. The van der Waals surface area contributed by atoms with Crippen molar-refractivity contribution in [2.75, 3.05) is 23.7 Å². The lowest BCUT2D eigenvalue weighted by molar-refractivity contribution is 0.163. The molecule has 3 aromatic rings. The lowest BCUT2D eigenvalue weighted by Crippen LogP contribution is -2.37. The van der Waals surface area contributed by atoms with E-state index in [2.05, 4.69) is 49.5 Å². The van der Waals surface area contributed by atoms with Crippen molar-refractivity contribution >= 4 is 34.9 Å². The summed E-state index contributed by atoms with van der Waals surface area (Å²) in [5.41, 5.74) is 3.44. The molecule has 1 aliphatic rings. The van der Waals surface area contributed by atoms with Crippen molar-refractivity contribution in [3.8, 4) is 0 Å². The van der Waals surface area contributed by atoms with Crippen molar-refractivity contribution in [1.29, 1.82) is 0 Å². The Kier molecular flexibility index (Phi) is 7.68. The van der Waals surface area contributed by atoms with Crippen LogP contribution in [0.5, 0.6) is 0 Å². The fourth-order valence-electron chi connectivity index (χ4n) is 4.96. The molecule has 182 valence electrons. The minimum atomic E-state index is -0.303. The van der Waals surface area contributed by atoms with E-state index in [-0.39, 0.29) is 11.8 Å². The lowest BCUT2D eigenvalue weighted by atomic mass is 9.79. The van der Waals surface area contributed by atoms with Gasteiger partial charge in [0.2, 0.25) is 5.95 Å². The molecule has 0 spiro atoms. The van der Waals surface area contributed by atoms with Crippen molar-refractivity contribution in [3.05, 3.63) is 52.1 Å². The summed E-state index contributed by atoms with van der Waals surface area (Å²) in [6.45, 7) is 10.6. The second-order valence-electron chi connectivity index (χ2n) is 8.99. The summed E-state index contributed by atoms with van der Waals surface area (Å²) in [5.74, 6) is 1.33. The largest absolute Gasteiger partial charge is 0.322 e. The highest BCUT2D eigenvalue weighted by molar-refractivity contribution is 6.32. The molecule has 4 rings (SSSR count). The third kappa shape index (κ3) is 5.50. The molecule has 0 atom stereocenters. The van der Waals surface area contributed by atoms with Crippen molar-refractivity contribution in [1.82, 2.24) is 25.1 Å². The van der Waals surface area contributed by atoms with E-state index in [1.807, 2.05) is 26.0 Å². The number of halogens is 2. The van der Waals surface area contributed by atoms with E-state index in [0.29, 0.717) is 34.3 Å². The molecule has 0 unspecified atom stereocenters. The first kappa shape index (κ1) is 24.4. The standard InChI is InChI=1S/C25H33ClFN7/c1-5-34(6-2)18-9-7-17(8-10-18)19-13-21(27)22(11-15(19)3)29-25-28-14-20(26)24(31-25)30-23-12-16(4)32-33-23/h11-14,17-18H,5-10H2,1-4H3,(H3,28,29,30,31,32,33)/t17-,18-. The van der Waals surface area contributed by atoms with E-state index in [0.717, 1.165) is 55.6 Å². The first-order valence-corrected chi connectivity index (χ1v) is 12.4. The van der Waals surface area contributed by atoms with Gasteiger partial charge in [-0.3, -0.25) is 5.10 Å². The summed E-state index contributed by atoms with van der Waals surface area (Å²) in [6, 6.07) is 6.01. The minimum Gasteiger partial charge on any atom is -0.322 e. The van der Waals surface area contributed by atoms with Gasteiger partial charge in [0.05, 0.1) is 11.9 Å². The number of hydrogen-bond acceptors (Lipinski definition) is 6. The number of nitrogens with zero attached hydrogens (tertiary/aromatic N) is 4. The molecule has 0 amide bonds. The predicted molar refractivity (Wildman–Crippen MR) is 136 cm³/mol. The molecule has 1 aromatic carbocycles. The summed E-state index contributed by atoms with van der Waals surface area (Å²) >= 11 is 6.24. The first-order valence-electron chi connectivity index (χ1n) is 12.0. The van der Waals surface area contributed by atoms with Crippen LogP contribution >= 0.6 is 11.6 Å². The highest BCUT2D eigenvalue weighted by atomic mass is 35.5. The zero-order chi connectivity index (χ0) is 24.2. The SMILES string of the molecule is CCN(CC)[C@H]1CC[C@H](c2cc(F)c(Nc3ncc(Cl)c(Nc4cc(C)[nH]n4)n3)cc2C)CC1. The predicted octanol–water partition coefficient (Wildman–Crippen LogP) is 6.46. The van der Waals surface area contributed by atoms with Crippen LogP contribution in [0, 0.1) is 19.7 Å². The van der Waals surface area contributed by atoms with Crippen LogP contribution in [0.4, 0.5) is 27.7 Å². The number of hydrogen-bond donors (Lipinski definition) is 3. The highest BCUT2D eigenvalue weighted by Gasteiger charge is 2.27. The number of aryl methyl sites for hydroxylation is 2. The zero-order valence-corrected chi connectivity index (χ0v) is 21.0. The number of benzene rings is 1. The van der Waals surface area contributed by atoms with Gasteiger partial charge in [-0.15, -0.1) is 0 Å². The van der Waals surface area contributed by atoms with E-state index in [1.54, 1.807) is 6.07 Å². The van der Waals surface area contributed by atoms with E-state index in [4.69, 9.17) is 11.6 Å². The van der Waals surface area contributed by atoms with Crippen LogP contribution in [0.2, 0.25) is 5.02 Å². The van der Waals surface area contributed by atoms with E-state index in [1.165, 1.54) is 6.20 Å². The van der Waals surface area contributed by atoms with Crippen molar-refractivity contribution in [2.24, 2.45) is 0 Å². The van der Waals surface area contributed by atoms with E-state index >= 15 is 4.39 Å². The molecule has 9 heteroatoms. The van der Waals surface area contributed by atoms with Crippen molar-refractivity contribution < 1.29 is 4.39 Å². The highest BCUT2D eigenvalue weighted by Crippen LogP contribution is 2.38. The van der Waals surface area contributed by atoms with Gasteiger partial charge in [-0.2, -0.15) is 10.1 Å². The van der Waals surface area contributed by atoms with Crippen LogP contribution in [0.3, 0.4) is 0 Å². The van der Waals surface area contributed by atoms with Gasteiger partial charge in [0.15, 0.2) is 11.6 Å². The Hall–Kier alpha value is -2.71. The summed E-state index contributed by atoms with van der Waals surface area (Å²) in [5, 5.41) is 13.4. The molecule has 2 aromatic heterocycles. The Bertz CT molecular complexity index is 1120. The van der Waals surface area contributed by atoms with Crippen LogP contribution < -0.4 is 10.6 Å². The Labute approximate surface area is 205 Å². The lowest BCUT2D eigenvalue weighted by Gasteiger charge is -2.36. The van der Waals surface area contributed by atoms with Gasteiger partial charge >= 0.3 is 0 Å². The van der Waals surface area contributed by atoms with E-state index in [9.17, 15) is 0 Å². The molecule has 2 heterocycles. The Morgan fingerprint density at radius 2 is 1.82 bits per heavy atom. The minimum absolute atomic E-state index is 0.255. The summed E-state index contributed by atoms with van der Waals surface area (Å²) in [4.78, 5) is 11.2. The molecule has 1 saturated carbocycles. The third-order valence-electron chi connectivity index (χ3n) is 6.76. The smallest absolute Gasteiger partial charge is 0.229 e. The molecule has 7 nitrogen and oxygen atoms in total. The molecule has 0 bridgehead atoms. The molecule has 34 heavy (non-hydrogen) atoms. The fourth-order valence-corrected chi connectivity index (χ4v) is 5.10. The van der Waals surface area contributed by atoms with Crippen LogP contribution in [-0.2, 0) is 0 Å². The van der Waals surface area contributed by atoms with Crippen molar-refractivity contribution in [3.63, 3.8) is 0 Å². The molecular formula is C25H33ClFN7. The maximum atomic E-state index is 15.1. The third-order valence-corrected chi connectivity index (χ3v) is 7.04. The molecule has 1 aliphatic carbocycles. The topological polar surface area (TPSA) is 81.8 Å². The first-order chi connectivity index (χ1) is 16.4. The van der Waals surface area contributed by atoms with Gasteiger partial charge in [0.1, 0.15) is 10.8 Å². The number of nitrogens with one attached hydrogen (secondary N) is 3. The number of rotatable bonds is 8. The molecule has 3 N–H and O–H groups in total. The molecule has 0 radical (unpaired) electrons. The number of aromatic nitrogens is 4. The van der Waals surface area contributed by atoms with Crippen LogP contribution in [0.25, 0.3) is 0 Å². The van der Waals surface area contributed by atoms with Gasteiger partial charge in [0, 0.05) is 17.8 Å². The van der Waals surface area contributed by atoms with Crippen LogP contribution in [-0.4, -0.2) is 44.2 Å². The van der Waals surface area contributed by atoms with Crippen molar-refractivity contribution in [2.45, 2.75) is 65.3 Å². The van der Waals surface area contributed by atoms with E-state index < -0.39 is 0 Å². The average molecular weight is 486 g/mol. The van der Waals surface area contributed by atoms with Gasteiger partial charge in [0.25, 0.3) is 0 Å². The van der Waals surface area contributed by atoms with Crippen LogP contribution in [0.15, 0.2) is 24.4 Å². The zero-order valence-electron chi connectivity index (χ0n) is 20.3. The molecule has 0 saturated heterocycles. The Morgan fingerprint density at radius 1 is 1.09 bits per heavy atom. The average Bonchev–Trinajstić information content (AvgIpc) is 3.24. The molecular weight excluding hydrogens is 453 g/mol. The van der Waals surface area contributed by atoms with Gasteiger partial charge in [-0.1, -0.05) is 25.4 Å². The monoisotopic (exact) mass is 485 g/mol. The number of anilines is 4. The molecule has 0 aliphatic heterocycles. The second-order valence-corrected chi connectivity index (χ2v) is 9.40. The summed E-state index contributed by atoms with van der Waals surface area (Å²) in [7, 11) is 0. The number of H-pyrrole nitrogens is 1. The fraction of sp³-hybridized carbons (Fsp3) is 0.480. The van der Waals surface area contributed by atoms with Crippen LogP contribution in [0.1, 0.15) is 62.3 Å². The quantitative estimate of drug-likeness (QED) is 0.339. The maximum Gasteiger partial charge on any atom is 0.229 e. The summed E-state index contributed by atoms with van der Waals surface area (Å²) < 4.78 is 15.1. The molecule has 1 fully saturated rings.